The van der Waals surface area contributed by atoms with E-state index in [0.29, 0.717) is 5.65 Å². The highest BCUT2D eigenvalue weighted by Crippen LogP contribution is 2.03. The molecule has 5 rings (SSSR count). The van der Waals surface area contributed by atoms with E-state index >= 15 is 0 Å². The standard InChI is InChI=1S/C6H3N5O2/c12-5-3-4-7-1-2(8-3)13-11-6(9-4)10-5/h1H,(H2,7,9,10,11,12). The summed E-state index contributed by atoms with van der Waals surface area (Å²) in [5, 5.41) is 2.43. The van der Waals surface area contributed by atoms with E-state index < -0.39 is 0 Å². The fraction of sp³-hybridized carbons (Fsp3) is 0. The Kier molecular flexibility index (Phi) is 0.950. The number of nitrogens with one attached hydrogen (secondary N) is 2. The van der Waals surface area contributed by atoms with Gasteiger partial charge in [0.25, 0.3) is 11.3 Å². The fourth-order valence-corrected chi connectivity index (χ4v) is 1.10. The Labute approximate surface area is 69.8 Å². The molecule has 13 heavy (non-hydrogen) atoms. The highest BCUT2D eigenvalue weighted by molar-refractivity contribution is 5.71. The molecule has 0 saturated carbocycles. The molecule has 5 aromatic heterocycles. The van der Waals surface area contributed by atoms with Crippen LogP contribution in [0.1, 0.15) is 0 Å². The molecular formula is C6H3N5O2. The molecular weight excluding hydrogens is 174 g/mol. The molecule has 4 bridgehead atoms. The zero-order valence-electron chi connectivity index (χ0n) is 6.24. The quantitative estimate of drug-likeness (QED) is 0.494. The van der Waals surface area contributed by atoms with Gasteiger partial charge in [0.05, 0.1) is 6.20 Å². The van der Waals surface area contributed by atoms with Gasteiger partial charge in [-0.3, -0.25) is 9.78 Å². The molecule has 5 heterocycles. The zero-order valence-corrected chi connectivity index (χ0v) is 6.24. The molecule has 0 spiro atoms. The molecule has 7 heteroatoms. The summed E-state index contributed by atoms with van der Waals surface area (Å²) in [6.45, 7) is 0. The van der Waals surface area contributed by atoms with Crippen molar-refractivity contribution in [1.82, 2.24) is 25.1 Å². The lowest BCUT2D eigenvalue weighted by atomic mass is 10.5. The second-order valence-corrected chi connectivity index (χ2v) is 2.50. The Bertz CT molecular complexity index is 633. The van der Waals surface area contributed by atoms with Crippen LogP contribution in [0.3, 0.4) is 0 Å². The molecule has 64 valence electrons. The van der Waals surface area contributed by atoms with Gasteiger partial charge in [0, 0.05) is 0 Å². The molecule has 0 saturated heterocycles. The van der Waals surface area contributed by atoms with E-state index in [-0.39, 0.29) is 22.6 Å². The molecule has 0 amide bonds. The van der Waals surface area contributed by atoms with Crippen molar-refractivity contribution in [3.8, 4) is 0 Å². The maximum atomic E-state index is 11.3. The minimum atomic E-state index is -0.329. The van der Waals surface area contributed by atoms with Crippen LogP contribution in [-0.2, 0) is 0 Å². The van der Waals surface area contributed by atoms with Crippen molar-refractivity contribution in [2.75, 3.05) is 0 Å². The van der Waals surface area contributed by atoms with Crippen LogP contribution in [0.15, 0.2) is 15.5 Å². The van der Waals surface area contributed by atoms with E-state index in [2.05, 4.69) is 25.1 Å². The molecule has 0 aromatic carbocycles. The Morgan fingerprint density at radius 2 is 2.31 bits per heavy atom. The summed E-state index contributed by atoms with van der Waals surface area (Å²) in [4.78, 5) is 25.4. The van der Waals surface area contributed by atoms with Crippen LogP contribution in [0.2, 0.25) is 0 Å². The fourth-order valence-electron chi connectivity index (χ4n) is 1.10. The highest BCUT2D eigenvalue weighted by Gasteiger charge is 2.06. The number of hydrogen-bond acceptors (Lipinski definition) is 5. The van der Waals surface area contributed by atoms with E-state index in [4.69, 9.17) is 4.52 Å². The Morgan fingerprint density at radius 3 is 3.23 bits per heavy atom. The minimum Gasteiger partial charge on any atom is -0.357 e. The Balaban J connectivity index is 2.83. The number of H-pyrrole nitrogens is 2. The number of aromatic amines is 2. The van der Waals surface area contributed by atoms with Gasteiger partial charge in [-0.05, 0) is 0 Å². The second kappa shape index (κ2) is 1.94. The molecule has 7 nitrogen and oxygen atoms in total. The first kappa shape index (κ1) is 6.35. The summed E-state index contributed by atoms with van der Waals surface area (Å²) >= 11 is 0. The maximum Gasteiger partial charge on any atom is 0.280 e. The molecule has 2 N–H and O–H groups in total. The average molecular weight is 177 g/mol. The van der Waals surface area contributed by atoms with Gasteiger partial charge in [-0.15, -0.1) is 0 Å². The first-order valence-electron chi connectivity index (χ1n) is 3.53. The third-order valence-electron chi connectivity index (χ3n) is 1.65. The molecule has 5 aromatic rings. The van der Waals surface area contributed by atoms with Crippen molar-refractivity contribution in [2.24, 2.45) is 0 Å². The van der Waals surface area contributed by atoms with Crippen molar-refractivity contribution in [3.05, 3.63) is 16.6 Å². The predicted octanol–water partition coefficient (Wildman–Crippen LogP) is -0.213. The van der Waals surface area contributed by atoms with E-state index in [1.165, 1.54) is 6.20 Å². The number of nitrogens with zero attached hydrogens (tertiary/aromatic N) is 3. The Hall–Kier alpha value is -2.18. The number of fused-ring (bicyclic) bond motifs is 2. The topological polar surface area (TPSA) is 100 Å². The summed E-state index contributed by atoms with van der Waals surface area (Å²) in [5.74, 6) is 0.230. The summed E-state index contributed by atoms with van der Waals surface area (Å²) in [7, 11) is 0. The summed E-state index contributed by atoms with van der Waals surface area (Å²) in [5.41, 5.74) is 0.409. The smallest absolute Gasteiger partial charge is 0.280 e. The van der Waals surface area contributed by atoms with Gasteiger partial charge in [-0.2, -0.15) is 10.1 Å². The average Bonchev–Trinajstić information content (AvgIpc) is 2.09. The second-order valence-electron chi connectivity index (χ2n) is 2.50. The van der Waals surface area contributed by atoms with E-state index in [1.807, 2.05) is 0 Å². The minimum absolute atomic E-state index is 0.183. The van der Waals surface area contributed by atoms with Gasteiger partial charge in [-0.1, -0.05) is 0 Å². The maximum absolute atomic E-state index is 11.3. The van der Waals surface area contributed by atoms with Crippen LogP contribution >= 0.6 is 0 Å². The summed E-state index contributed by atoms with van der Waals surface area (Å²) in [6, 6.07) is 0. The Morgan fingerprint density at radius 1 is 1.38 bits per heavy atom. The molecule has 0 aliphatic rings. The van der Waals surface area contributed by atoms with Gasteiger partial charge in [0.2, 0.25) is 5.78 Å². The van der Waals surface area contributed by atoms with Crippen LogP contribution in [0, 0.1) is 0 Å². The number of hydrogen-bond donors (Lipinski definition) is 2. The van der Waals surface area contributed by atoms with Gasteiger partial charge < -0.3 is 4.52 Å². The lowest BCUT2D eigenvalue weighted by Crippen LogP contribution is -2.11. The van der Waals surface area contributed by atoms with E-state index in [1.54, 1.807) is 0 Å². The van der Waals surface area contributed by atoms with Crippen molar-refractivity contribution in [1.29, 1.82) is 0 Å². The molecule has 0 aliphatic carbocycles. The van der Waals surface area contributed by atoms with Crippen molar-refractivity contribution in [2.45, 2.75) is 0 Å². The molecule has 0 aliphatic heterocycles. The SMILES string of the molecule is O=c1[nH]c2nc3ncc(nc13)o[nH]2. The summed E-state index contributed by atoms with van der Waals surface area (Å²) < 4.78 is 4.92. The van der Waals surface area contributed by atoms with Crippen LogP contribution < -0.4 is 5.56 Å². The lowest BCUT2D eigenvalue weighted by Gasteiger charge is -1.97. The largest absolute Gasteiger partial charge is 0.357 e. The normalized spacial score (nSPS) is 11.4. The van der Waals surface area contributed by atoms with Crippen LogP contribution in [-0.4, -0.2) is 25.1 Å². The predicted molar refractivity (Wildman–Crippen MR) is 42.1 cm³/mol. The van der Waals surface area contributed by atoms with Crippen LogP contribution in [0.5, 0.6) is 0 Å². The van der Waals surface area contributed by atoms with Gasteiger partial charge in [0.1, 0.15) is 0 Å². The lowest BCUT2D eigenvalue weighted by molar-refractivity contribution is 0.437. The van der Waals surface area contributed by atoms with Gasteiger partial charge in [0.15, 0.2) is 11.2 Å². The first-order valence-corrected chi connectivity index (χ1v) is 3.53. The monoisotopic (exact) mass is 177 g/mol. The molecule has 0 fully saturated rings. The van der Waals surface area contributed by atoms with Gasteiger partial charge in [-0.25, -0.2) is 9.97 Å². The zero-order chi connectivity index (χ0) is 8.84. The third-order valence-corrected chi connectivity index (χ3v) is 1.65. The van der Waals surface area contributed by atoms with Crippen molar-refractivity contribution in [3.63, 3.8) is 0 Å². The number of rotatable bonds is 0. The molecule has 0 radical (unpaired) electrons. The molecule has 0 unspecified atom stereocenters. The van der Waals surface area contributed by atoms with Crippen molar-refractivity contribution < 1.29 is 4.52 Å². The van der Waals surface area contributed by atoms with Crippen LogP contribution in [0.25, 0.3) is 22.7 Å². The first-order chi connectivity index (χ1) is 6.33. The van der Waals surface area contributed by atoms with Gasteiger partial charge >= 0.3 is 0 Å². The third kappa shape index (κ3) is 0.776. The summed E-state index contributed by atoms with van der Waals surface area (Å²) in [6.07, 6.45) is 1.39. The highest BCUT2D eigenvalue weighted by atomic mass is 16.5. The van der Waals surface area contributed by atoms with E-state index in [0.717, 1.165) is 0 Å². The molecule has 0 atom stereocenters. The number of aromatic nitrogens is 5. The van der Waals surface area contributed by atoms with E-state index in [9.17, 15) is 4.79 Å². The van der Waals surface area contributed by atoms with Crippen molar-refractivity contribution >= 4 is 22.7 Å². The van der Waals surface area contributed by atoms with Crippen LogP contribution in [0.4, 0.5) is 0 Å².